The minimum atomic E-state index is -1.04. The van der Waals surface area contributed by atoms with E-state index in [1.165, 1.54) is 24.3 Å². The van der Waals surface area contributed by atoms with Gasteiger partial charge in [0.05, 0.1) is 31.5 Å². The van der Waals surface area contributed by atoms with Crippen molar-refractivity contribution >= 4 is 92.8 Å². The van der Waals surface area contributed by atoms with Crippen molar-refractivity contribution in [3.63, 3.8) is 0 Å². The van der Waals surface area contributed by atoms with Crippen LogP contribution in [0.5, 0.6) is 0 Å². The summed E-state index contributed by atoms with van der Waals surface area (Å²) in [5, 5.41) is 1.25. The molecule has 0 aliphatic rings. The van der Waals surface area contributed by atoms with Crippen LogP contribution in [0, 0.1) is 0 Å². The predicted octanol–water partition coefficient (Wildman–Crippen LogP) is 5.19. The fraction of sp³-hybridized carbons (Fsp3) is 0. The number of rotatable bonds is 4. The van der Waals surface area contributed by atoms with Gasteiger partial charge >= 0.3 is 11.8 Å². The van der Waals surface area contributed by atoms with E-state index in [1.807, 2.05) is 0 Å². The third kappa shape index (κ3) is 5.36. The highest BCUT2D eigenvalue weighted by Crippen LogP contribution is 2.34. The number of hydrogen-bond acceptors (Lipinski definition) is 4. The van der Waals surface area contributed by atoms with Gasteiger partial charge in [0.15, 0.2) is 0 Å². The van der Waals surface area contributed by atoms with Crippen molar-refractivity contribution in [1.82, 2.24) is 10.9 Å². The Labute approximate surface area is 178 Å². The molecule has 0 aromatic heterocycles. The third-order valence-corrected chi connectivity index (χ3v) is 4.45. The molecule has 0 atom stereocenters. The Morgan fingerprint density at radius 1 is 0.577 bits per heavy atom. The molecular formula is C14H8Cl6N4O2. The van der Waals surface area contributed by atoms with Gasteiger partial charge in [0.1, 0.15) is 0 Å². The van der Waals surface area contributed by atoms with E-state index in [-0.39, 0.29) is 31.5 Å². The second kappa shape index (κ2) is 9.08. The Kier molecular flexibility index (Phi) is 7.34. The number of hydrogen-bond donors (Lipinski definition) is 4. The molecule has 0 saturated carbocycles. The van der Waals surface area contributed by atoms with Crippen molar-refractivity contribution in [3.05, 3.63) is 54.4 Å². The SMILES string of the molecule is O=C(NNc1c(Cl)cc(Cl)cc1Cl)C(=O)NNc1c(Cl)cc(Cl)cc1Cl. The molecule has 0 spiro atoms. The van der Waals surface area contributed by atoms with Gasteiger partial charge in [0.2, 0.25) is 0 Å². The van der Waals surface area contributed by atoms with Crippen molar-refractivity contribution in [3.8, 4) is 0 Å². The molecule has 2 aromatic rings. The van der Waals surface area contributed by atoms with Crippen molar-refractivity contribution in [2.24, 2.45) is 0 Å². The summed E-state index contributed by atoms with van der Waals surface area (Å²) in [7, 11) is 0. The van der Waals surface area contributed by atoms with Gasteiger partial charge < -0.3 is 0 Å². The maximum Gasteiger partial charge on any atom is 0.329 e. The summed E-state index contributed by atoms with van der Waals surface area (Å²) in [6, 6.07) is 5.65. The van der Waals surface area contributed by atoms with Gasteiger partial charge in [-0.15, -0.1) is 0 Å². The summed E-state index contributed by atoms with van der Waals surface area (Å²) in [5.74, 6) is -2.08. The van der Waals surface area contributed by atoms with Gasteiger partial charge in [-0.3, -0.25) is 31.3 Å². The van der Waals surface area contributed by atoms with Crippen LogP contribution >= 0.6 is 69.6 Å². The van der Waals surface area contributed by atoms with E-state index in [1.54, 1.807) is 0 Å². The zero-order valence-corrected chi connectivity index (χ0v) is 16.9. The van der Waals surface area contributed by atoms with Crippen molar-refractivity contribution in [2.45, 2.75) is 0 Å². The Balaban J connectivity index is 1.96. The highest BCUT2D eigenvalue weighted by Gasteiger charge is 2.16. The van der Waals surface area contributed by atoms with Crippen LogP contribution in [0.4, 0.5) is 11.4 Å². The van der Waals surface area contributed by atoms with Crippen LogP contribution in [0.25, 0.3) is 0 Å². The lowest BCUT2D eigenvalue weighted by molar-refractivity contribution is -0.138. The summed E-state index contributed by atoms with van der Waals surface area (Å²) in [5.41, 5.74) is 9.50. The molecule has 0 heterocycles. The maximum absolute atomic E-state index is 11.8. The molecule has 26 heavy (non-hydrogen) atoms. The van der Waals surface area contributed by atoms with E-state index < -0.39 is 11.8 Å². The zero-order chi connectivity index (χ0) is 19.4. The first kappa shape index (κ1) is 21.0. The largest absolute Gasteiger partial charge is 0.329 e. The fourth-order valence-corrected chi connectivity index (χ4v) is 3.50. The summed E-state index contributed by atoms with van der Waals surface area (Å²) >= 11 is 35.4. The van der Waals surface area contributed by atoms with Crippen molar-refractivity contribution in [2.75, 3.05) is 10.9 Å². The third-order valence-electron chi connectivity index (χ3n) is 2.82. The monoisotopic (exact) mass is 474 g/mol. The summed E-state index contributed by atoms with van der Waals surface area (Å²) in [6.07, 6.45) is 0. The molecule has 0 unspecified atom stereocenters. The van der Waals surface area contributed by atoms with Crippen LogP contribution in [0.15, 0.2) is 24.3 Å². The number of nitrogens with one attached hydrogen (secondary N) is 4. The standard InChI is InChI=1S/C14H8Cl6N4O2/c15-5-1-7(17)11(8(18)2-5)21-23-13(25)14(26)24-22-12-9(19)3-6(16)4-10(12)20/h1-4,21-22H,(H,23,25)(H,24,26). The molecule has 0 fully saturated rings. The Morgan fingerprint density at radius 2 is 0.846 bits per heavy atom. The molecule has 0 radical (unpaired) electrons. The number of amides is 2. The molecule has 0 aliphatic carbocycles. The van der Waals surface area contributed by atoms with Crippen LogP contribution in [-0.4, -0.2) is 11.8 Å². The van der Waals surface area contributed by atoms with Crippen LogP contribution in [0.1, 0.15) is 0 Å². The van der Waals surface area contributed by atoms with E-state index in [4.69, 9.17) is 69.6 Å². The molecule has 0 saturated heterocycles. The summed E-state index contributed by atoms with van der Waals surface area (Å²) in [4.78, 5) is 23.7. The Morgan fingerprint density at radius 3 is 1.12 bits per heavy atom. The number of carbonyl (C=O) groups is 2. The first-order valence-corrected chi connectivity index (χ1v) is 8.87. The zero-order valence-electron chi connectivity index (χ0n) is 12.4. The molecule has 4 N–H and O–H groups in total. The molecule has 6 nitrogen and oxygen atoms in total. The van der Waals surface area contributed by atoms with Gasteiger partial charge in [-0.2, -0.15) is 0 Å². The van der Waals surface area contributed by atoms with E-state index in [2.05, 4.69) is 21.7 Å². The molecule has 2 amide bonds. The maximum atomic E-state index is 11.8. The minimum Gasteiger partial charge on any atom is -0.295 e. The number of hydrazine groups is 2. The average molecular weight is 477 g/mol. The van der Waals surface area contributed by atoms with Gasteiger partial charge in [-0.25, -0.2) is 0 Å². The first-order chi connectivity index (χ1) is 12.2. The smallest absolute Gasteiger partial charge is 0.295 e. The normalized spacial score (nSPS) is 10.2. The molecule has 0 bridgehead atoms. The van der Waals surface area contributed by atoms with Gasteiger partial charge in [0, 0.05) is 10.0 Å². The lowest BCUT2D eigenvalue weighted by Crippen LogP contribution is -2.44. The first-order valence-electron chi connectivity index (χ1n) is 6.60. The number of anilines is 2. The lowest BCUT2D eigenvalue weighted by atomic mass is 10.3. The highest BCUT2D eigenvalue weighted by molar-refractivity contribution is 6.43. The minimum absolute atomic E-state index is 0.154. The number of halogens is 6. The molecule has 138 valence electrons. The molecule has 12 heteroatoms. The van der Waals surface area contributed by atoms with Crippen LogP contribution in [0.3, 0.4) is 0 Å². The summed E-state index contributed by atoms with van der Waals surface area (Å²) < 4.78 is 0. The average Bonchev–Trinajstić information content (AvgIpc) is 2.52. The molecule has 2 aromatic carbocycles. The van der Waals surface area contributed by atoms with E-state index in [9.17, 15) is 9.59 Å². The van der Waals surface area contributed by atoms with Crippen LogP contribution in [-0.2, 0) is 9.59 Å². The Bertz CT molecular complexity index is 759. The van der Waals surface area contributed by atoms with Crippen LogP contribution in [0.2, 0.25) is 30.1 Å². The van der Waals surface area contributed by atoms with E-state index in [0.29, 0.717) is 10.0 Å². The second-order valence-electron chi connectivity index (χ2n) is 4.65. The van der Waals surface area contributed by atoms with E-state index in [0.717, 1.165) is 0 Å². The van der Waals surface area contributed by atoms with Gasteiger partial charge in [-0.05, 0) is 24.3 Å². The summed E-state index contributed by atoms with van der Waals surface area (Å²) in [6.45, 7) is 0. The highest BCUT2D eigenvalue weighted by atomic mass is 35.5. The van der Waals surface area contributed by atoms with E-state index >= 15 is 0 Å². The van der Waals surface area contributed by atoms with Gasteiger partial charge in [-0.1, -0.05) is 69.6 Å². The quantitative estimate of drug-likeness (QED) is 0.361. The fourth-order valence-electron chi connectivity index (χ4n) is 1.68. The van der Waals surface area contributed by atoms with Crippen LogP contribution < -0.4 is 21.7 Å². The number of carbonyl (C=O) groups excluding carboxylic acids is 2. The molecular weight excluding hydrogens is 469 g/mol. The Hall–Kier alpha value is -1.28. The molecule has 0 aliphatic heterocycles. The molecule has 2 rings (SSSR count). The number of benzene rings is 2. The van der Waals surface area contributed by atoms with Crippen molar-refractivity contribution < 1.29 is 9.59 Å². The van der Waals surface area contributed by atoms with Gasteiger partial charge in [0.25, 0.3) is 0 Å². The predicted molar refractivity (Wildman–Crippen MR) is 106 cm³/mol. The lowest BCUT2D eigenvalue weighted by Gasteiger charge is -2.14. The van der Waals surface area contributed by atoms with Crippen molar-refractivity contribution in [1.29, 1.82) is 0 Å². The topological polar surface area (TPSA) is 82.3 Å². The second-order valence-corrected chi connectivity index (χ2v) is 7.15.